The van der Waals surface area contributed by atoms with Gasteiger partial charge in [0.1, 0.15) is 12.4 Å². The van der Waals surface area contributed by atoms with Crippen LogP contribution in [0.5, 0.6) is 0 Å². The van der Waals surface area contributed by atoms with Crippen LogP contribution in [-0.4, -0.2) is 26.5 Å². The van der Waals surface area contributed by atoms with Crippen LogP contribution in [0.4, 0.5) is 9.18 Å². The fraction of sp³-hybridized carbons (Fsp3) is 0.389. The van der Waals surface area contributed by atoms with Gasteiger partial charge in [-0.3, -0.25) is 0 Å². The molecule has 9 heteroatoms. The molecule has 2 N–H and O–H groups in total. The van der Waals surface area contributed by atoms with Crippen LogP contribution >= 0.6 is 15.9 Å². The largest absolute Gasteiger partial charge is 0.441 e. The Labute approximate surface area is 164 Å². The van der Waals surface area contributed by atoms with Gasteiger partial charge in [0, 0.05) is 15.5 Å². The average molecular weight is 441 g/mol. The molecule has 0 bridgehead atoms. The summed E-state index contributed by atoms with van der Waals surface area (Å²) in [5.41, 5.74) is 5.72. The number of nitrogens with two attached hydrogens (primary N) is 1. The Morgan fingerprint density at radius 1 is 1.44 bits per heavy atom. The van der Waals surface area contributed by atoms with Gasteiger partial charge in [0.25, 0.3) is 0 Å². The molecule has 2 rings (SSSR count). The van der Waals surface area contributed by atoms with E-state index in [4.69, 9.17) is 10.5 Å². The Hall–Kier alpha value is -2.42. The molecule has 0 aliphatic heterocycles. The van der Waals surface area contributed by atoms with Gasteiger partial charge in [-0.05, 0) is 30.7 Å². The number of aromatic nitrogens is 3. The average Bonchev–Trinajstić information content (AvgIpc) is 2.93. The Kier molecular flexibility index (Phi) is 6.25. The zero-order valence-corrected chi connectivity index (χ0v) is 17.2. The molecular formula is C18H22BrFN4O3. The second-order valence-corrected chi connectivity index (χ2v) is 8.10. The fourth-order valence-electron chi connectivity index (χ4n) is 2.67. The van der Waals surface area contributed by atoms with Crippen molar-refractivity contribution in [3.63, 3.8) is 0 Å². The summed E-state index contributed by atoms with van der Waals surface area (Å²) < 4.78 is 22.0. The number of hydrogen-bond acceptors (Lipinski definition) is 4. The quantitative estimate of drug-likeness (QED) is 0.769. The van der Waals surface area contributed by atoms with Gasteiger partial charge in [0.15, 0.2) is 0 Å². The number of carbonyl (C=O) groups excluding carboxylic acids is 1. The van der Waals surface area contributed by atoms with Crippen molar-refractivity contribution in [3.8, 4) is 5.69 Å². The van der Waals surface area contributed by atoms with E-state index in [1.165, 1.54) is 10.9 Å². The molecule has 146 valence electrons. The number of benzene rings is 1. The molecule has 0 radical (unpaired) electrons. The van der Waals surface area contributed by atoms with Crippen molar-refractivity contribution < 1.29 is 13.9 Å². The first-order chi connectivity index (χ1) is 12.5. The highest BCUT2D eigenvalue weighted by atomic mass is 79.9. The fourth-order valence-corrected chi connectivity index (χ4v) is 2.92. The zero-order valence-electron chi connectivity index (χ0n) is 15.6. The summed E-state index contributed by atoms with van der Waals surface area (Å²) in [6.45, 7) is 7.05. The number of hydrogen-bond donors (Lipinski definition) is 1. The lowest BCUT2D eigenvalue weighted by Crippen LogP contribution is -2.37. The maximum Gasteiger partial charge on any atom is 0.405 e. The van der Waals surface area contributed by atoms with Crippen LogP contribution in [0.25, 0.3) is 5.69 Å². The molecule has 0 saturated heterocycles. The smallest absolute Gasteiger partial charge is 0.405 e. The van der Waals surface area contributed by atoms with Crippen LogP contribution in [0, 0.1) is 12.3 Å². The summed E-state index contributed by atoms with van der Waals surface area (Å²) >= 11 is 3.41. The molecule has 0 saturated carbocycles. The summed E-state index contributed by atoms with van der Waals surface area (Å²) in [6, 6.07) is 5.43. The SMILES string of the molecule is Cc1cc(-n2cnn(CC(=CF)C(OC(N)=O)C(C)(C)C)c2=O)ccc1Br. The van der Waals surface area contributed by atoms with E-state index in [-0.39, 0.29) is 12.1 Å². The highest BCUT2D eigenvalue weighted by molar-refractivity contribution is 9.10. The van der Waals surface area contributed by atoms with Crippen molar-refractivity contribution in [2.75, 3.05) is 0 Å². The van der Waals surface area contributed by atoms with Gasteiger partial charge in [0.05, 0.1) is 18.6 Å². The molecule has 1 atom stereocenters. The van der Waals surface area contributed by atoms with Gasteiger partial charge in [0.2, 0.25) is 0 Å². The molecule has 0 fully saturated rings. The normalized spacial score (nSPS) is 13.5. The minimum atomic E-state index is -1.02. The third-order valence-corrected chi connectivity index (χ3v) is 4.87. The lowest BCUT2D eigenvalue weighted by atomic mass is 9.84. The second kappa shape index (κ2) is 8.08. The zero-order chi connectivity index (χ0) is 20.4. The Balaban J connectivity index is 2.36. The van der Waals surface area contributed by atoms with E-state index in [0.29, 0.717) is 12.0 Å². The van der Waals surface area contributed by atoms with Gasteiger partial charge in [-0.15, -0.1) is 0 Å². The Morgan fingerprint density at radius 2 is 2.11 bits per heavy atom. The monoisotopic (exact) mass is 440 g/mol. The predicted octanol–water partition coefficient (Wildman–Crippen LogP) is 3.47. The first-order valence-corrected chi connectivity index (χ1v) is 9.00. The number of primary amides is 1. The topological polar surface area (TPSA) is 92.1 Å². The van der Waals surface area contributed by atoms with Crippen LogP contribution in [0.1, 0.15) is 26.3 Å². The van der Waals surface area contributed by atoms with Crippen molar-refractivity contribution in [2.24, 2.45) is 11.1 Å². The number of aryl methyl sites for hydroxylation is 1. The van der Waals surface area contributed by atoms with Gasteiger partial charge in [-0.25, -0.2) is 23.2 Å². The molecule has 1 amide bonds. The predicted molar refractivity (Wildman–Crippen MR) is 103 cm³/mol. The number of nitrogens with zero attached hydrogens (tertiary/aromatic N) is 3. The molecule has 1 heterocycles. The molecule has 0 spiro atoms. The summed E-state index contributed by atoms with van der Waals surface area (Å²) in [7, 11) is 0. The standard InChI is InChI=1S/C18H22BrFN4O3/c1-11-7-13(5-6-14(11)19)23-10-22-24(17(23)26)9-12(8-20)15(18(2,3)4)27-16(21)25/h5-8,10,15H,9H2,1-4H3,(H2,21,25). The van der Waals surface area contributed by atoms with Crippen molar-refractivity contribution in [2.45, 2.75) is 40.3 Å². The highest BCUT2D eigenvalue weighted by Gasteiger charge is 2.32. The third-order valence-electron chi connectivity index (χ3n) is 3.98. The summed E-state index contributed by atoms with van der Waals surface area (Å²) in [4.78, 5) is 23.9. The second-order valence-electron chi connectivity index (χ2n) is 7.24. The molecule has 1 aromatic heterocycles. The number of carbonyl (C=O) groups is 1. The van der Waals surface area contributed by atoms with E-state index < -0.39 is 23.3 Å². The van der Waals surface area contributed by atoms with E-state index in [2.05, 4.69) is 21.0 Å². The third kappa shape index (κ3) is 4.85. The summed E-state index contributed by atoms with van der Waals surface area (Å²) in [6.07, 6.45) is -0.264. The van der Waals surface area contributed by atoms with Crippen LogP contribution in [-0.2, 0) is 11.3 Å². The van der Waals surface area contributed by atoms with Crippen LogP contribution in [0.15, 0.2) is 45.7 Å². The maximum atomic E-state index is 13.6. The van der Waals surface area contributed by atoms with E-state index in [1.54, 1.807) is 26.8 Å². The molecule has 27 heavy (non-hydrogen) atoms. The van der Waals surface area contributed by atoms with Crippen molar-refractivity contribution >= 4 is 22.0 Å². The van der Waals surface area contributed by atoms with Gasteiger partial charge in [-0.1, -0.05) is 36.7 Å². The first kappa shape index (κ1) is 20.9. The van der Waals surface area contributed by atoms with E-state index >= 15 is 0 Å². The van der Waals surface area contributed by atoms with E-state index in [9.17, 15) is 14.0 Å². The summed E-state index contributed by atoms with van der Waals surface area (Å²) in [5, 5.41) is 4.05. The minimum absolute atomic E-state index is 0.0839. The van der Waals surface area contributed by atoms with Crippen LogP contribution in [0.2, 0.25) is 0 Å². The first-order valence-electron chi connectivity index (χ1n) is 8.21. The number of halogens is 2. The lowest BCUT2D eigenvalue weighted by Gasteiger charge is -2.31. The van der Waals surface area contributed by atoms with Crippen LogP contribution < -0.4 is 11.4 Å². The number of ether oxygens (including phenoxy) is 1. The van der Waals surface area contributed by atoms with Crippen molar-refractivity contribution in [1.82, 2.24) is 14.3 Å². The van der Waals surface area contributed by atoms with Gasteiger partial charge >= 0.3 is 11.8 Å². The molecule has 1 aromatic carbocycles. The van der Waals surface area contributed by atoms with Crippen molar-refractivity contribution in [1.29, 1.82) is 0 Å². The van der Waals surface area contributed by atoms with Gasteiger partial charge in [-0.2, -0.15) is 5.10 Å². The summed E-state index contributed by atoms with van der Waals surface area (Å²) in [5.74, 6) is 0. The molecule has 7 nitrogen and oxygen atoms in total. The van der Waals surface area contributed by atoms with E-state index in [1.807, 2.05) is 19.1 Å². The highest BCUT2D eigenvalue weighted by Crippen LogP contribution is 2.29. The Morgan fingerprint density at radius 3 is 2.63 bits per heavy atom. The van der Waals surface area contributed by atoms with Gasteiger partial charge < -0.3 is 10.5 Å². The molecule has 2 aromatic rings. The molecule has 0 aliphatic rings. The minimum Gasteiger partial charge on any atom is -0.441 e. The number of rotatable bonds is 5. The van der Waals surface area contributed by atoms with Crippen LogP contribution in [0.3, 0.4) is 0 Å². The molecular weight excluding hydrogens is 419 g/mol. The number of amides is 1. The van der Waals surface area contributed by atoms with Crippen molar-refractivity contribution in [3.05, 3.63) is 56.9 Å². The lowest BCUT2D eigenvalue weighted by molar-refractivity contribution is 0.0566. The Bertz CT molecular complexity index is 927. The maximum absolute atomic E-state index is 13.6. The van der Waals surface area contributed by atoms with E-state index in [0.717, 1.165) is 14.7 Å². The molecule has 0 aliphatic carbocycles. The molecule has 1 unspecified atom stereocenters.